The Bertz CT molecular complexity index is 997. The summed E-state index contributed by atoms with van der Waals surface area (Å²) in [6, 6.07) is 12.9. The molecule has 1 fully saturated rings. The van der Waals surface area contributed by atoms with Crippen LogP contribution in [0.2, 0.25) is 0 Å². The molecule has 2 aromatic carbocycles. The first kappa shape index (κ1) is 10.3. The van der Waals surface area contributed by atoms with Crippen LogP contribution in [0.3, 0.4) is 0 Å². The molecule has 1 saturated heterocycles. The van der Waals surface area contributed by atoms with Crippen molar-refractivity contribution in [2.75, 3.05) is 6.79 Å². The van der Waals surface area contributed by atoms with Crippen LogP contribution in [0.15, 0.2) is 42.2 Å². The van der Waals surface area contributed by atoms with Crippen molar-refractivity contribution in [2.45, 2.75) is 6.42 Å². The van der Waals surface area contributed by atoms with Gasteiger partial charge in [-0.2, -0.15) is 0 Å². The number of ether oxygens (including phenoxy) is 2. The fraction of sp³-hybridized carbons (Fsp3) is 0.111. The van der Waals surface area contributed by atoms with E-state index in [4.69, 9.17) is 9.47 Å². The van der Waals surface area contributed by atoms with Crippen molar-refractivity contribution in [3.63, 3.8) is 0 Å². The van der Waals surface area contributed by atoms with Crippen LogP contribution >= 0.6 is 0 Å². The van der Waals surface area contributed by atoms with E-state index in [0.717, 1.165) is 17.9 Å². The van der Waals surface area contributed by atoms with Gasteiger partial charge in [0.05, 0.1) is 0 Å². The maximum Gasteiger partial charge on any atom is 0.231 e. The van der Waals surface area contributed by atoms with E-state index in [1.807, 2.05) is 0 Å². The smallest absolute Gasteiger partial charge is 0.231 e. The monoisotopic (exact) mass is 260 g/mol. The van der Waals surface area contributed by atoms with E-state index in [9.17, 15) is 0 Å². The first-order valence-electron chi connectivity index (χ1n) is 6.85. The zero-order valence-electron chi connectivity index (χ0n) is 10.8. The Morgan fingerprint density at radius 2 is 1.75 bits per heavy atom. The Labute approximate surface area is 115 Å². The Hall–Kier alpha value is -2.48. The average molecular weight is 260 g/mol. The molecule has 0 amide bonds. The molecule has 96 valence electrons. The molecule has 0 saturated carbocycles. The van der Waals surface area contributed by atoms with Gasteiger partial charge in [-0.05, 0) is 45.3 Å². The maximum absolute atomic E-state index is 5.58. The minimum atomic E-state index is 0.340. The highest BCUT2D eigenvalue weighted by Crippen LogP contribution is 2.30. The average Bonchev–Trinajstić information content (AvgIpc) is 3.07. The van der Waals surface area contributed by atoms with Gasteiger partial charge in [0.15, 0.2) is 11.5 Å². The number of rotatable bonds is 0. The molecule has 5 rings (SSSR count). The van der Waals surface area contributed by atoms with Crippen molar-refractivity contribution < 1.29 is 9.47 Å². The second-order valence-electron chi connectivity index (χ2n) is 5.29. The van der Waals surface area contributed by atoms with Gasteiger partial charge in [0.25, 0.3) is 0 Å². The van der Waals surface area contributed by atoms with Crippen LogP contribution in [0.25, 0.3) is 17.9 Å². The molecule has 2 heteroatoms. The zero-order chi connectivity index (χ0) is 13.1. The third-order valence-electron chi connectivity index (χ3n) is 4.30. The quantitative estimate of drug-likeness (QED) is 0.719. The number of hydrogen-bond donors (Lipinski definition) is 0. The van der Waals surface area contributed by atoms with Crippen molar-refractivity contribution in [1.82, 2.24) is 0 Å². The molecule has 0 aromatic heterocycles. The highest BCUT2D eigenvalue weighted by molar-refractivity contribution is 5.79. The molecule has 1 heterocycles. The minimum Gasteiger partial charge on any atom is -0.454 e. The van der Waals surface area contributed by atoms with Gasteiger partial charge in [-0.15, -0.1) is 0 Å². The highest BCUT2D eigenvalue weighted by atomic mass is 16.7. The molecule has 0 radical (unpaired) electrons. The summed E-state index contributed by atoms with van der Waals surface area (Å²) in [5.41, 5.74) is 2.64. The summed E-state index contributed by atoms with van der Waals surface area (Å²) < 4.78 is 11.1. The van der Waals surface area contributed by atoms with Gasteiger partial charge in [-0.25, -0.2) is 0 Å². The van der Waals surface area contributed by atoms with Crippen molar-refractivity contribution in [3.05, 3.63) is 74.2 Å². The largest absolute Gasteiger partial charge is 0.454 e. The third-order valence-corrected chi connectivity index (χ3v) is 4.30. The van der Waals surface area contributed by atoms with E-state index in [1.54, 1.807) is 0 Å². The van der Waals surface area contributed by atoms with Crippen LogP contribution in [0.4, 0.5) is 0 Å². The summed E-state index contributed by atoms with van der Waals surface area (Å²) >= 11 is 0. The van der Waals surface area contributed by atoms with Crippen molar-refractivity contribution in [2.24, 2.45) is 0 Å². The number of benzene rings is 2. The zero-order valence-corrected chi connectivity index (χ0v) is 10.8. The molecule has 2 aromatic rings. The molecular formula is C18H12O2. The molecule has 0 N–H and O–H groups in total. The van der Waals surface area contributed by atoms with E-state index in [-0.39, 0.29) is 0 Å². The fourth-order valence-corrected chi connectivity index (χ4v) is 3.37. The summed E-state index contributed by atoms with van der Waals surface area (Å²) in [6.45, 7) is 0.340. The summed E-state index contributed by atoms with van der Waals surface area (Å²) in [4.78, 5) is 0. The topological polar surface area (TPSA) is 18.5 Å². The van der Waals surface area contributed by atoms with Gasteiger partial charge in [0.2, 0.25) is 6.79 Å². The van der Waals surface area contributed by atoms with E-state index >= 15 is 0 Å². The molecule has 3 aliphatic rings. The van der Waals surface area contributed by atoms with Crippen LogP contribution in [0.5, 0.6) is 0 Å². The molecule has 1 aliphatic heterocycles. The molecule has 20 heavy (non-hydrogen) atoms. The van der Waals surface area contributed by atoms with Gasteiger partial charge in [-0.1, -0.05) is 36.4 Å². The first-order valence-corrected chi connectivity index (χ1v) is 6.85. The van der Waals surface area contributed by atoms with Crippen molar-refractivity contribution >= 4 is 17.9 Å². The number of hydrogen-bond acceptors (Lipinski definition) is 2. The standard InChI is InChI=1S/C18H12O2/c1-2-4-12-11(3-1)5-6-14-13(12)7-8-15-16(14)9-17-18(15)20-10-19-17/h1-5,7-9H,6,10H2. The molecule has 0 unspecified atom stereocenters. The SMILES string of the molecule is C1=C2OCOC2=c2ccc3c(c21)CC=c1ccccc1=3. The van der Waals surface area contributed by atoms with E-state index in [2.05, 4.69) is 48.6 Å². The predicted octanol–water partition coefficient (Wildman–Crippen LogP) is 1.78. The van der Waals surface area contributed by atoms with Crippen LogP contribution in [-0.2, 0) is 15.9 Å². The van der Waals surface area contributed by atoms with Crippen LogP contribution in [0, 0.1) is 10.4 Å². The maximum atomic E-state index is 5.58. The van der Waals surface area contributed by atoms with Crippen molar-refractivity contribution in [3.8, 4) is 0 Å². The second kappa shape index (κ2) is 3.54. The summed E-state index contributed by atoms with van der Waals surface area (Å²) in [5, 5.41) is 5.15. The third kappa shape index (κ3) is 1.19. The Morgan fingerprint density at radius 1 is 0.850 bits per heavy atom. The molecule has 0 atom stereocenters. The van der Waals surface area contributed by atoms with E-state index in [0.29, 0.717) is 6.79 Å². The highest BCUT2D eigenvalue weighted by Gasteiger charge is 2.25. The Balaban J connectivity index is 2.00. The lowest BCUT2D eigenvalue weighted by atomic mass is 9.95. The summed E-state index contributed by atoms with van der Waals surface area (Å²) in [7, 11) is 0. The van der Waals surface area contributed by atoms with Crippen LogP contribution in [-0.4, -0.2) is 6.79 Å². The first-order chi connectivity index (χ1) is 9.92. The van der Waals surface area contributed by atoms with Gasteiger partial charge >= 0.3 is 0 Å². The van der Waals surface area contributed by atoms with Gasteiger partial charge < -0.3 is 9.47 Å². The van der Waals surface area contributed by atoms with Crippen molar-refractivity contribution in [1.29, 1.82) is 0 Å². The normalized spacial score (nSPS) is 17.0. The molecule has 2 nitrogen and oxygen atoms in total. The lowest BCUT2D eigenvalue weighted by Crippen LogP contribution is -2.15. The summed E-state index contributed by atoms with van der Waals surface area (Å²) in [5.74, 6) is 1.79. The second-order valence-corrected chi connectivity index (χ2v) is 5.29. The Kier molecular flexibility index (Phi) is 1.83. The molecule has 0 spiro atoms. The van der Waals surface area contributed by atoms with E-state index in [1.165, 1.54) is 32.0 Å². The Morgan fingerprint density at radius 3 is 2.75 bits per heavy atom. The molecule has 0 bridgehead atoms. The number of fused-ring (bicyclic) bond motifs is 5. The molecular weight excluding hydrogens is 248 g/mol. The predicted molar refractivity (Wildman–Crippen MR) is 76.4 cm³/mol. The minimum absolute atomic E-state index is 0.340. The lowest BCUT2D eigenvalue weighted by molar-refractivity contribution is 0.109. The van der Waals surface area contributed by atoms with Gasteiger partial charge in [0.1, 0.15) is 0 Å². The summed E-state index contributed by atoms with van der Waals surface area (Å²) in [6.07, 6.45) is 5.39. The van der Waals surface area contributed by atoms with Crippen LogP contribution < -0.4 is 10.4 Å². The van der Waals surface area contributed by atoms with E-state index < -0.39 is 0 Å². The van der Waals surface area contributed by atoms with Gasteiger partial charge in [-0.3, -0.25) is 0 Å². The van der Waals surface area contributed by atoms with Gasteiger partial charge in [0, 0.05) is 5.22 Å². The lowest BCUT2D eigenvalue weighted by Gasteiger charge is -2.09. The van der Waals surface area contributed by atoms with Crippen LogP contribution in [0.1, 0.15) is 11.1 Å². The molecule has 2 aliphatic carbocycles. The fourth-order valence-electron chi connectivity index (χ4n) is 3.37.